The van der Waals surface area contributed by atoms with E-state index in [4.69, 9.17) is 9.47 Å². The summed E-state index contributed by atoms with van der Waals surface area (Å²) in [5, 5.41) is 7.23. The molecule has 1 amide bonds. The van der Waals surface area contributed by atoms with Gasteiger partial charge in [-0.1, -0.05) is 0 Å². The molecule has 0 radical (unpaired) electrons. The summed E-state index contributed by atoms with van der Waals surface area (Å²) in [6.45, 7) is 3.79. The van der Waals surface area contributed by atoms with E-state index in [9.17, 15) is 4.79 Å². The lowest BCUT2D eigenvalue weighted by molar-refractivity contribution is -0.119. The van der Waals surface area contributed by atoms with Crippen molar-refractivity contribution in [1.82, 2.24) is 9.78 Å². The molecular formula is C14H21N3O3. The molecule has 0 spiro atoms. The maximum absolute atomic E-state index is 12.0. The average molecular weight is 279 g/mol. The lowest BCUT2D eigenvalue weighted by Crippen LogP contribution is -2.22. The predicted octanol–water partition coefficient (Wildman–Crippen LogP) is 1.28. The summed E-state index contributed by atoms with van der Waals surface area (Å²) in [7, 11) is 0. The van der Waals surface area contributed by atoms with Gasteiger partial charge in [0, 0.05) is 32.6 Å². The minimum atomic E-state index is -0.0196. The van der Waals surface area contributed by atoms with Crippen LogP contribution < -0.4 is 5.32 Å². The zero-order valence-corrected chi connectivity index (χ0v) is 11.6. The molecule has 110 valence electrons. The monoisotopic (exact) mass is 279 g/mol. The van der Waals surface area contributed by atoms with Gasteiger partial charge in [0.15, 0.2) is 0 Å². The molecule has 2 fully saturated rings. The van der Waals surface area contributed by atoms with Crippen molar-refractivity contribution in [1.29, 1.82) is 0 Å². The largest absolute Gasteiger partial charge is 0.381 e. The molecular weight excluding hydrogens is 258 g/mol. The van der Waals surface area contributed by atoms with Crippen LogP contribution in [0.5, 0.6) is 0 Å². The summed E-state index contributed by atoms with van der Waals surface area (Å²) in [6.07, 6.45) is 6.60. The van der Waals surface area contributed by atoms with E-state index in [0.717, 1.165) is 44.7 Å². The highest BCUT2D eigenvalue weighted by molar-refractivity contribution is 5.92. The minimum Gasteiger partial charge on any atom is -0.381 e. The Hall–Kier alpha value is -1.40. The van der Waals surface area contributed by atoms with Crippen molar-refractivity contribution in [3.63, 3.8) is 0 Å². The van der Waals surface area contributed by atoms with Crippen LogP contribution in [0, 0.1) is 11.8 Å². The number of hydrogen-bond donors (Lipinski definition) is 1. The van der Waals surface area contributed by atoms with Crippen LogP contribution in [0.3, 0.4) is 0 Å². The second-order valence-electron chi connectivity index (χ2n) is 5.56. The first-order valence-electron chi connectivity index (χ1n) is 7.30. The van der Waals surface area contributed by atoms with Crippen molar-refractivity contribution in [3.8, 4) is 0 Å². The topological polar surface area (TPSA) is 65.4 Å². The molecule has 6 nitrogen and oxygen atoms in total. The number of carbonyl (C=O) groups excluding carboxylic acids is 1. The number of aromatic nitrogens is 2. The second-order valence-corrected chi connectivity index (χ2v) is 5.56. The molecule has 6 heteroatoms. The Balaban J connectivity index is 1.52. The Kier molecular flexibility index (Phi) is 4.32. The van der Waals surface area contributed by atoms with Gasteiger partial charge in [-0.15, -0.1) is 0 Å². The lowest BCUT2D eigenvalue weighted by atomic mass is 10.0. The van der Waals surface area contributed by atoms with Crippen molar-refractivity contribution < 1.29 is 14.3 Å². The van der Waals surface area contributed by atoms with E-state index in [0.29, 0.717) is 19.1 Å². The van der Waals surface area contributed by atoms with Crippen LogP contribution >= 0.6 is 0 Å². The number of amides is 1. The molecule has 20 heavy (non-hydrogen) atoms. The molecule has 1 N–H and O–H groups in total. The summed E-state index contributed by atoms with van der Waals surface area (Å²) < 4.78 is 12.5. The highest BCUT2D eigenvalue weighted by atomic mass is 16.5. The molecule has 2 saturated heterocycles. The van der Waals surface area contributed by atoms with E-state index in [-0.39, 0.29) is 11.8 Å². The molecule has 1 aromatic rings. The van der Waals surface area contributed by atoms with E-state index >= 15 is 0 Å². The Morgan fingerprint density at radius 3 is 2.85 bits per heavy atom. The van der Waals surface area contributed by atoms with Crippen LogP contribution in [-0.2, 0) is 20.8 Å². The van der Waals surface area contributed by atoms with Gasteiger partial charge in [-0.05, 0) is 25.2 Å². The van der Waals surface area contributed by atoms with Crippen molar-refractivity contribution >= 4 is 11.6 Å². The molecule has 3 rings (SSSR count). The molecule has 1 atom stereocenters. The average Bonchev–Trinajstić information content (AvgIpc) is 3.11. The number of nitrogens with one attached hydrogen (secondary N) is 1. The summed E-state index contributed by atoms with van der Waals surface area (Å²) >= 11 is 0. The summed E-state index contributed by atoms with van der Waals surface area (Å²) in [5.41, 5.74) is 0.772. The molecule has 2 aliphatic rings. The zero-order valence-electron chi connectivity index (χ0n) is 11.6. The van der Waals surface area contributed by atoms with Crippen molar-refractivity contribution in [2.24, 2.45) is 11.8 Å². The molecule has 0 aromatic carbocycles. The van der Waals surface area contributed by atoms with Crippen molar-refractivity contribution in [3.05, 3.63) is 12.4 Å². The highest BCUT2D eigenvalue weighted by Gasteiger charge is 2.23. The quantitative estimate of drug-likeness (QED) is 0.902. The standard InChI is InChI=1S/C14H21N3O3/c18-14(12-3-6-20-10-12)16-13-7-15-17(9-13)8-11-1-4-19-5-2-11/h7,9,11-12H,1-6,8,10H2,(H,16,18). The fourth-order valence-electron chi connectivity index (χ4n) is 2.71. The number of anilines is 1. The van der Waals surface area contributed by atoms with Gasteiger partial charge >= 0.3 is 0 Å². The van der Waals surface area contributed by atoms with Crippen LogP contribution in [0.4, 0.5) is 5.69 Å². The molecule has 1 unspecified atom stereocenters. The normalized spacial score (nSPS) is 23.9. The van der Waals surface area contributed by atoms with Crippen LogP contribution in [0.2, 0.25) is 0 Å². The van der Waals surface area contributed by atoms with Gasteiger partial charge in [0.2, 0.25) is 5.91 Å². The van der Waals surface area contributed by atoms with Crippen molar-refractivity contribution in [2.75, 3.05) is 31.7 Å². The third-order valence-corrected chi connectivity index (χ3v) is 3.99. The number of hydrogen-bond acceptors (Lipinski definition) is 4. The Morgan fingerprint density at radius 2 is 2.10 bits per heavy atom. The summed E-state index contributed by atoms with van der Waals surface area (Å²) in [6, 6.07) is 0. The van der Waals surface area contributed by atoms with Gasteiger partial charge < -0.3 is 14.8 Å². The van der Waals surface area contributed by atoms with Crippen LogP contribution in [0.15, 0.2) is 12.4 Å². The van der Waals surface area contributed by atoms with E-state index in [1.54, 1.807) is 6.20 Å². The number of rotatable bonds is 4. The number of carbonyl (C=O) groups is 1. The zero-order chi connectivity index (χ0) is 13.8. The van der Waals surface area contributed by atoms with Gasteiger partial charge in [0.1, 0.15) is 0 Å². The van der Waals surface area contributed by atoms with Gasteiger partial charge in [-0.25, -0.2) is 0 Å². The molecule has 0 aliphatic carbocycles. The van der Waals surface area contributed by atoms with E-state index in [1.807, 2.05) is 10.9 Å². The second kappa shape index (κ2) is 6.37. The van der Waals surface area contributed by atoms with E-state index in [1.165, 1.54) is 0 Å². The SMILES string of the molecule is O=C(Nc1cnn(CC2CCOCC2)c1)C1CCOC1. The first kappa shape index (κ1) is 13.6. The smallest absolute Gasteiger partial charge is 0.229 e. The van der Waals surface area contributed by atoms with Crippen molar-refractivity contribution in [2.45, 2.75) is 25.8 Å². The highest BCUT2D eigenvalue weighted by Crippen LogP contribution is 2.18. The molecule has 0 saturated carbocycles. The molecule has 0 bridgehead atoms. The molecule has 2 aliphatic heterocycles. The van der Waals surface area contributed by atoms with Gasteiger partial charge in [-0.3, -0.25) is 9.48 Å². The Bertz CT molecular complexity index is 448. The Morgan fingerprint density at radius 1 is 1.30 bits per heavy atom. The van der Waals surface area contributed by atoms with Gasteiger partial charge in [0.25, 0.3) is 0 Å². The fourth-order valence-corrected chi connectivity index (χ4v) is 2.71. The fraction of sp³-hybridized carbons (Fsp3) is 0.714. The maximum Gasteiger partial charge on any atom is 0.229 e. The minimum absolute atomic E-state index is 0.0196. The predicted molar refractivity (Wildman–Crippen MR) is 73.3 cm³/mol. The summed E-state index contributed by atoms with van der Waals surface area (Å²) in [4.78, 5) is 12.0. The van der Waals surface area contributed by atoms with Gasteiger partial charge in [-0.2, -0.15) is 5.10 Å². The molecule has 1 aromatic heterocycles. The van der Waals surface area contributed by atoms with Gasteiger partial charge in [0.05, 0.1) is 24.4 Å². The summed E-state index contributed by atoms with van der Waals surface area (Å²) in [5.74, 6) is 0.636. The van der Waals surface area contributed by atoms with Crippen LogP contribution in [-0.4, -0.2) is 42.1 Å². The molecule has 3 heterocycles. The maximum atomic E-state index is 12.0. The van der Waals surface area contributed by atoms with E-state index in [2.05, 4.69) is 10.4 Å². The third-order valence-electron chi connectivity index (χ3n) is 3.99. The first-order chi connectivity index (χ1) is 9.81. The first-order valence-corrected chi connectivity index (χ1v) is 7.30. The number of nitrogens with zero attached hydrogens (tertiary/aromatic N) is 2. The number of ether oxygens (including phenoxy) is 2. The lowest BCUT2D eigenvalue weighted by Gasteiger charge is -2.21. The van der Waals surface area contributed by atoms with Crippen LogP contribution in [0.1, 0.15) is 19.3 Å². The Labute approximate surface area is 118 Å². The van der Waals surface area contributed by atoms with E-state index < -0.39 is 0 Å². The third kappa shape index (κ3) is 3.37. The van der Waals surface area contributed by atoms with Crippen LogP contribution in [0.25, 0.3) is 0 Å².